The standard InChI is InChI=1S/C21H25N5/c1-22-21(23-14-19-16-25-11-6-5-9-20(25)24-19)26-12-10-18(15-26)13-17-7-3-2-4-8-17/h2-9,11,16,18H,10,12-15H2,1H3,(H,22,23). The largest absolute Gasteiger partial charge is 0.351 e. The van der Waals surface area contributed by atoms with E-state index in [-0.39, 0.29) is 0 Å². The molecule has 5 nitrogen and oxygen atoms in total. The lowest BCUT2D eigenvalue weighted by Crippen LogP contribution is -2.39. The molecule has 26 heavy (non-hydrogen) atoms. The number of aliphatic imine (C=N–C) groups is 1. The summed E-state index contributed by atoms with van der Waals surface area (Å²) in [6, 6.07) is 16.8. The minimum absolute atomic E-state index is 0.686. The van der Waals surface area contributed by atoms with Gasteiger partial charge in [-0.25, -0.2) is 4.98 Å². The maximum Gasteiger partial charge on any atom is 0.193 e. The van der Waals surface area contributed by atoms with Crippen LogP contribution in [0.25, 0.3) is 5.65 Å². The molecule has 1 fully saturated rings. The van der Waals surface area contributed by atoms with Crippen LogP contribution in [0.3, 0.4) is 0 Å². The summed E-state index contributed by atoms with van der Waals surface area (Å²) in [7, 11) is 1.86. The summed E-state index contributed by atoms with van der Waals surface area (Å²) < 4.78 is 2.05. The van der Waals surface area contributed by atoms with E-state index >= 15 is 0 Å². The molecular formula is C21H25N5. The Labute approximate surface area is 154 Å². The SMILES string of the molecule is CN=C(NCc1cn2ccccc2n1)N1CCC(Cc2ccccc2)C1. The molecule has 0 aliphatic carbocycles. The second kappa shape index (κ2) is 7.60. The van der Waals surface area contributed by atoms with Crippen molar-refractivity contribution in [2.75, 3.05) is 20.1 Å². The number of nitrogens with zero attached hydrogens (tertiary/aromatic N) is 4. The molecule has 1 saturated heterocycles. The number of pyridine rings is 1. The Morgan fingerprint density at radius 2 is 2.04 bits per heavy atom. The van der Waals surface area contributed by atoms with Crippen molar-refractivity contribution in [3.05, 3.63) is 72.2 Å². The second-order valence-corrected chi connectivity index (χ2v) is 6.89. The molecule has 2 aromatic heterocycles. The zero-order valence-corrected chi connectivity index (χ0v) is 15.2. The van der Waals surface area contributed by atoms with E-state index in [0.717, 1.165) is 36.8 Å². The van der Waals surface area contributed by atoms with E-state index < -0.39 is 0 Å². The second-order valence-electron chi connectivity index (χ2n) is 6.89. The van der Waals surface area contributed by atoms with Gasteiger partial charge < -0.3 is 14.6 Å². The van der Waals surface area contributed by atoms with Gasteiger partial charge in [-0.15, -0.1) is 0 Å². The van der Waals surface area contributed by atoms with Crippen LogP contribution in [0.1, 0.15) is 17.7 Å². The van der Waals surface area contributed by atoms with Crippen LogP contribution < -0.4 is 5.32 Å². The van der Waals surface area contributed by atoms with Crippen LogP contribution in [0.15, 0.2) is 65.9 Å². The molecule has 134 valence electrons. The van der Waals surface area contributed by atoms with Crippen LogP contribution in [0.4, 0.5) is 0 Å². The van der Waals surface area contributed by atoms with Crippen molar-refractivity contribution < 1.29 is 0 Å². The average Bonchev–Trinajstić information content (AvgIpc) is 3.30. The summed E-state index contributed by atoms with van der Waals surface area (Å²) in [6.07, 6.45) is 6.44. The Kier molecular flexibility index (Phi) is 4.86. The van der Waals surface area contributed by atoms with Crippen molar-refractivity contribution in [1.82, 2.24) is 19.6 Å². The van der Waals surface area contributed by atoms with Crippen molar-refractivity contribution in [3.8, 4) is 0 Å². The van der Waals surface area contributed by atoms with Gasteiger partial charge in [-0.1, -0.05) is 36.4 Å². The molecule has 0 spiro atoms. The minimum atomic E-state index is 0.686. The van der Waals surface area contributed by atoms with Crippen molar-refractivity contribution in [2.45, 2.75) is 19.4 Å². The van der Waals surface area contributed by atoms with E-state index in [4.69, 9.17) is 0 Å². The van der Waals surface area contributed by atoms with Gasteiger partial charge in [0.15, 0.2) is 5.96 Å². The van der Waals surface area contributed by atoms with Gasteiger partial charge in [0, 0.05) is 32.5 Å². The molecule has 3 heterocycles. The van der Waals surface area contributed by atoms with Gasteiger partial charge in [-0.3, -0.25) is 4.99 Å². The Morgan fingerprint density at radius 3 is 2.85 bits per heavy atom. The number of fused-ring (bicyclic) bond motifs is 1. The normalized spacial score (nSPS) is 17.8. The third-order valence-corrected chi connectivity index (χ3v) is 5.01. The lowest BCUT2D eigenvalue weighted by Gasteiger charge is -2.21. The number of nitrogens with one attached hydrogen (secondary N) is 1. The van der Waals surface area contributed by atoms with Gasteiger partial charge in [0.05, 0.1) is 12.2 Å². The Hall–Kier alpha value is -2.82. The number of aromatic nitrogens is 2. The Bertz CT molecular complexity index is 851. The molecule has 0 radical (unpaired) electrons. The fraction of sp³-hybridized carbons (Fsp3) is 0.333. The molecule has 0 amide bonds. The van der Waals surface area contributed by atoms with Crippen LogP contribution >= 0.6 is 0 Å². The molecule has 3 aromatic rings. The maximum atomic E-state index is 4.64. The van der Waals surface area contributed by atoms with Gasteiger partial charge in [0.1, 0.15) is 5.65 Å². The van der Waals surface area contributed by atoms with Crippen LogP contribution in [0.5, 0.6) is 0 Å². The van der Waals surface area contributed by atoms with Crippen LogP contribution in [-0.2, 0) is 13.0 Å². The third kappa shape index (κ3) is 3.72. The number of hydrogen-bond acceptors (Lipinski definition) is 2. The van der Waals surface area contributed by atoms with Crippen molar-refractivity contribution in [3.63, 3.8) is 0 Å². The van der Waals surface area contributed by atoms with Crippen LogP contribution in [0.2, 0.25) is 0 Å². The first-order chi connectivity index (χ1) is 12.8. The number of hydrogen-bond donors (Lipinski definition) is 1. The maximum absolute atomic E-state index is 4.64. The summed E-state index contributed by atoms with van der Waals surface area (Å²) in [5.41, 5.74) is 3.42. The highest BCUT2D eigenvalue weighted by atomic mass is 15.3. The molecule has 4 rings (SSSR count). The van der Waals surface area contributed by atoms with Gasteiger partial charge in [-0.2, -0.15) is 0 Å². The highest BCUT2D eigenvalue weighted by molar-refractivity contribution is 5.80. The highest BCUT2D eigenvalue weighted by Gasteiger charge is 2.25. The first-order valence-corrected chi connectivity index (χ1v) is 9.24. The molecule has 0 saturated carbocycles. The fourth-order valence-electron chi connectivity index (χ4n) is 3.71. The number of benzene rings is 1. The predicted octanol–water partition coefficient (Wildman–Crippen LogP) is 2.97. The topological polar surface area (TPSA) is 44.9 Å². The molecule has 0 bridgehead atoms. The van der Waals surface area contributed by atoms with E-state index in [1.54, 1.807) is 0 Å². The monoisotopic (exact) mass is 347 g/mol. The average molecular weight is 347 g/mol. The van der Waals surface area contributed by atoms with Crippen molar-refractivity contribution >= 4 is 11.6 Å². The number of imidazole rings is 1. The number of guanidine groups is 1. The molecular weight excluding hydrogens is 322 g/mol. The van der Waals surface area contributed by atoms with Crippen molar-refractivity contribution in [2.24, 2.45) is 10.9 Å². The molecule has 1 aliphatic heterocycles. The molecule has 1 N–H and O–H groups in total. The third-order valence-electron chi connectivity index (χ3n) is 5.01. The zero-order chi connectivity index (χ0) is 17.8. The highest BCUT2D eigenvalue weighted by Crippen LogP contribution is 2.21. The number of likely N-dealkylation sites (tertiary alicyclic amines) is 1. The summed E-state index contributed by atoms with van der Waals surface area (Å²) >= 11 is 0. The van der Waals surface area contributed by atoms with Gasteiger partial charge in [-0.05, 0) is 36.5 Å². The zero-order valence-electron chi connectivity index (χ0n) is 15.2. The van der Waals surface area contributed by atoms with E-state index in [9.17, 15) is 0 Å². The smallest absolute Gasteiger partial charge is 0.193 e. The van der Waals surface area contributed by atoms with E-state index in [2.05, 4.69) is 56.7 Å². The lowest BCUT2D eigenvalue weighted by molar-refractivity contribution is 0.459. The van der Waals surface area contributed by atoms with Crippen LogP contribution in [0, 0.1) is 5.92 Å². The van der Waals surface area contributed by atoms with Gasteiger partial charge in [0.2, 0.25) is 0 Å². The lowest BCUT2D eigenvalue weighted by atomic mass is 9.99. The quantitative estimate of drug-likeness (QED) is 0.583. The summed E-state index contributed by atoms with van der Waals surface area (Å²) in [5, 5.41) is 3.47. The first kappa shape index (κ1) is 16.6. The number of rotatable bonds is 4. The molecule has 1 unspecified atom stereocenters. The van der Waals surface area contributed by atoms with E-state index in [1.165, 1.54) is 12.0 Å². The Balaban J connectivity index is 1.34. The van der Waals surface area contributed by atoms with Crippen LogP contribution in [-0.4, -0.2) is 40.4 Å². The predicted molar refractivity (Wildman–Crippen MR) is 105 cm³/mol. The first-order valence-electron chi connectivity index (χ1n) is 9.24. The minimum Gasteiger partial charge on any atom is -0.351 e. The van der Waals surface area contributed by atoms with E-state index in [0.29, 0.717) is 12.5 Å². The molecule has 1 aromatic carbocycles. The van der Waals surface area contributed by atoms with Gasteiger partial charge in [0.25, 0.3) is 0 Å². The fourth-order valence-corrected chi connectivity index (χ4v) is 3.71. The van der Waals surface area contributed by atoms with E-state index in [1.807, 2.05) is 35.8 Å². The summed E-state index contributed by atoms with van der Waals surface area (Å²) in [6.45, 7) is 2.80. The van der Waals surface area contributed by atoms with Crippen molar-refractivity contribution in [1.29, 1.82) is 0 Å². The summed E-state index contributed by atoms with van der Waals surface area (Å²) in [4.78, 5) is 11.5. The summed E-state index contributed by atoms with van der Waals surface area (Å²) in [5.74, 6) is 1.66. The Morgan fingerprint density at radius 1 is 1.19 bits per heavy atom. The molecule has 1 aliphatic rings. The molecule has 5 heteroatoms. The molecule has 1 atom stereocenters. The van der Waals surface area contributed by atoms with Gasteiger partial charge >= 0.3 is 0 Å².